The number of hydrogen-bond acceptors (Lipinski definition) is 4. The highest BCUT2D eigenvalue weighted by atomic mass is 32.1. The van der Waals surface area contributed by atoms with Crippen LogP contribution < -0.4 is 0 Å². The van der Waals surface area contributed by atoms with Crippen molar-refractivity contribution >= 4 is 17.2 Å². The summed E-state index contributed by atoms with van der Waals surface area (Å²) in [5.41, 5.74) is 0.204. The van der Waals surface area contributed by atoms with Crippen molar-refractivity contribution in [1.29, 1.82) is 5.26 Å². The molecule has 1 amide bonds. The first-order valence-corrected chi connectivity index (χ1v) is 7.44. The van der Waals surface area contributed by atoms with Gasteiger partial charge < -0.3 is 4.90 Å². The van der Waals surface area contributed by atoms with E-state index in [1.807, 2.05) is 31.1 Å². The van der Waals surface area contributed by atoms with Crippen LogP contribution in [0.3, 0.4) is 0 Å². The zero-order valence-corrected chi connectivity index (χ0v) is 12.5. The second-order valence-electron chi connectivity index (χ2n) is 6.00. The maximum Gasteiger partial charge on any atom is 0.227 e. The molecule has 1 aromatic heterocycles. The third-order valence-electron chi connectivity index (χ3n) is 3.41. The number of rotatable bonds is 1. The average Bonchev–Trinajstić information content (AvgIpc) is 2.86. The molecule has 0 saturated carbocycles. The fourth-order valence-electron chi connectivity index (χ4n) is 2.33. The van der Waals surface area contributed by atoms with Gasteiger partial charge in [-0.1, -0.05) is 20.8 Å². The van der Waals surface area contributed by atoms with E-state index in [0.717, 1.165) is 30.9 Å². The highest BCUT2D eigenvalue weighted by Gasteiger charge is 2.31. The first kappa shape index (κ1) is 14.0. The Kier molecular flexibility index (Phi) is 3.91. The molecule has 2 heterocycles. The summed E-state index contributed by atoms with van der Waals surface area (Å²) >= 11 is 1.56. The van der Waals surface area contributed by atoms with E-state index >= 15 is 0 Å². The smallest absolute Gasteiger partial charge is 0.227 e. The number of piperidine rings is 1. The molecule has 0 bridgehead atoms. The van der Waals surface area contributed by atoms with Gasteiger partial charge in [0.1, 0.15) is 6.07 Å². The molecule has 102 valence electrons. The molecule has 0 atom stereocenters. The van der Waals surface area contributed by atoms with Crippen LogP contribution in [0.15, 0.2) is 5.38 Å². The molecular weight excluding hydrogens is 258 g/mol. The van der Waals surface area contributed by atoms with E-state index in [2.05, 4.69) is 11.1 Å². The Morgan fingerprint density at radius 3 is 2.58 bits per heavy atom. The second-order valence-corrected chi connectivity index (χ2v) is 6.89. The minimum absolute atomic E-state index is 0.225. The molecule has 1 saturated heterocycles. The van der Waals surface area contributed by atoms with Gasteiger partial charge in [-0.2, -0.15) is 5.26 Å². The molecule has 0 aromatic carbocycles. The number of likely N-dealkylation sites (tertiary alicyclic amines) is 1. The van der Waals surface area contributed by atoms with Crippen molar-refractivity contribution in [1.82, 2.24) is 9.88 Å². The van der Waals surface area contributed by atoms with Crippen LogP contribution >= 0.6 is 11.3 Å². The van der Waals surface area contributed by atoms with Gasteiger partial charge in [-0.15, -0.1) is 11.3 Å². The Morgan fingerprint density at radius 2 is 2.11 bits per heavy atom. The van der Waals surface area contributed by atoms with Crippen molar-refractivity contribution in [3.8, 4) is 6.07 Å². The predicted octanol–water partition coefficient (Wildman–Crippen LogP) is 2.77. The van der Waals surface area contributed by atoms with Crippen molar-refractivity contribution in [2.75, 3.05) is 13.1 Å². The second kappa shape index (κ2) is 5.30. The van der Waals surface area contributed by atoms with Gasteiger partial charge in [0.05, 0.1) is 5.01 Å². The Morgan fingerprint density at radius 1 is 1.47 bits per heavy atom. The van der Waals surface area contributed by atoms with Crippen LogP contribution in [0, 0.1) is 16.7 Å². The lowest BCUT2D eigenvalue weighted by Gasteiger charge is -2.35. The largest absolute Gasteiger partial charge is 0.342 e. The van der Waals surface area contributed by atoms with Gasteiger partial charge in [0, 0.05) is 29.8 Å². The topological polar surface area (TPSA) is 57.0 Å². The van der Waals surface area contributed by atoms with Crippen molar-refractivity contribution in [3.05, 3.63) is 16.1 Å². The molecule has 0 N–H and O–H groups in total. The predicted molar refractivity (Wildman–Crippen MR) is 74.8 cm³/mol. The van der Waals surface area contributed by atoms with Crippen LogP contribution in [0.4, 0.5) is 0 Å². The third-order valence-corrected chi connectivity index (χ3v) is 4.42. The summed E-state index contributed by atoms with van der Waals surface area (Å²) in [6, 6.07) is 2.07. The number of nitriles is 1. The highest BCUT2D eigenvalue weighted by molar-refractivity contribution is 7.09. The standard InChI is InChI=1S/C14H19N3OS/c1-14(2,3)13(18)17-6-4-10(5-7-17)12-16-11(8-15)9-19-12/h9-10H,4-7H2,1-3H3. The normalized spacial score (nSPS) is 17.3. The summed E-state index contributed by atoms with van der Waals surface area (Å²) in [4.78, 5) is 18.5. The first-order chi connectivity index (χ1) is 8.91. The van der Waals surface area contributed by atoms with Crippen molar-refractivity contribution < 1.29 is 4.79 Å². The molecular formula is C14H19N3OS. The third kappa shape index (κ3) is 3.13. The van der Waals surface area contributed by atoms with Crippen LogP contribution in [0.5, 0.6) is 0 Å². The molecule has 5 heteroatoms. The van der Waals surface area contributed by atoms with Crippen LogP contribution in [0.1, 0.15) is 50.2 Å². The van der Waals surface area contributed by atoms with E-state index in [9.17, 15) is 4.79 Å². The summed E-state index contributed by atoms with van der Waals surface area (Å²) in [5.74, 6) is 0.624. The van der Waals surface area contributed by atoms with Gasteiger partial charge in [-0.05, 0) is 12.8 Å². The quantitative estimate of drug-likeness (QED) is 0.793. The van der Waals surface area contributed by atoms with Gasteiger partial charge in [-0.3, -0.25) is 4.79 Å². The van der Waals surface area contributed by atoms with Gasteiger partial charge in [0.15, 0.2) is 5.69 Å². The molecule has 1 aliphatic heterocycles. The molecule has 1 fully saturated rings. The number of aromatic nitrogens is 1. The van der Waals surface area contributed by atoms with Gasteiger partial charge in [0.25, 0.3) is 0 Å². The summed E-state index contributed by atoms with van der Waals surface area (Å²) in [6.07, 6.45) is 1.89. The monoisotopic (exact) mass is 277 g/mol. The van der Waals surface area contributed by atoms with Gasteiger partial charge >= 0.3 is 0 Å². The first-order valence-electron chi connectivity index (χ1n) is 6.56. The molecule has 1 aromatic rings. The van der Waals surface area contributed by atoms with Gasteiger partial charge in [-0.25, -0.2) is 4.98 Å². The van der Waals surface area contributed by atoms with Crippen LogP contribution in [-0.4, -0.2) is 28.9 Å². The van der Waals surface area contributed by atoms with Gasteiger partial charge in [0.2, 0.25) is 5.91 Å². The van der Waals surface area contributed by atoms with Crippen molar-refractivity contribution in [3.63, 3.8) is 0 Å². The number of carbonyl (C=O) groups excluding carboxylic acids is 1. The lowest BCUT2D eigenvalue weighted by Crippen LogP contribution is -2.43. The van der Waals surface area contributed by atoms with E-state index < -0.39 is 0 Å². The summed E-state index contributed by atoms with van der Waals surface area (Å²) < 4.78 is 0. The molecule has 0 radical (unpaired) electrons. The highest BCUT2D eigenvalue weighted by Crippen LogP contribution is 2.31. The molecule has 2 rings (SSSR count). The Bertz CT molecular complexity index is 501. The zero-order valence-electron chi connectivity index (χ0n) is 11.6. The van der Waals surface area contributed by atoms with E-state index in [0.29, 0.717) is 11.6 Å². The number of amides is 1. The Balaban J connectivity index is 1.96. The van der Waals surface area contributed by atoms with E-state index in [1.165, 1.54) is 0 Å². The fourth-order valence-corrected chi connectivity index (χ4v) is 3.25. The molecule has 0 aliphatic carbocycles. The number of thiazole rings is 1. The lowest BCUT2D eigenvalue weighted by atomic mass is 9.91. The lowest BCUT2D eigenvalue weighted by molar-refractivity contribution is -0.140. The zero-order chi connectivity index (χ0) is 14.0. The van der Waals surface area contributed by atoms with Crippen molar-refractivity contribution in [2.45, 2.75) is 39.5 Å². The fraction of sp³-hybridized carbons (Fsp3) is 0.643. The molecule has 1 aliphatic rings. The SMILES string of the molecule is CC(C)(C)C(=O)N1CCC(c2nc(C#N)cs2)CC1. The van der Waals surface area contributed by atoms with E-state index in [-0.39, 0.29) is 11.3 Å². The summed E-state index contributed by atoms with van der Waals surface area (Å²) in [7, 11) is 0. The Hall–Kier alpha value is -1.41. The van der Waals surface area contributed by atoms with E-state index in [1.54, 1.807) is 11.3 Å². The summed E-state index contributed by atoms with van der Waals surface area (Å²) in [5, 5.41) is 11.6. The van der Waals surface area contributed by atoms with E-state index in [4.69, 9.17) is 5.26 Å². The molecule has 19 heavy (non-hydrogen) atoms. The maximum atomic E-state index is 12.2. The van der Waals surface area contributed by atoms with Crippen molar-refractivity contribution in [2.24, 2.45) is 5.41 Å². The van der Waals surface area contributed by atoms with Crippen LogP contribution in [-0.2, 0) is 4.79 Å². The average molecular weight is 277 g/mol. The van der Waals surface area contributed by atoms with Crippen LogP contribution in [0.25, 0.3) is 0 Å². The molecule has 0 spiro atoms. The Labute approximate surface area is 118 Å². The number of hydrogen-bond donors (Lipinski definition) is 0. The number of carbonyl (C=O) groups is 1. The van der Waals surface area contributed by atoms with Crippen LogP contribution in [0.2, 0.25) is 0 Å². The minimum atomic E-state index is -0.304. The minimum Gasteiger partial charge on any atom is -0.342 e. The maximum absolute atomic E-state index is 12.2. The summed E-state index contributed by atoms with van der Waals surface area (Å²) in [6.45, 7) is 7.47. The molecule has 0 unspecified atom stereocenters. The number of nitrogens with zero attached hydrogens (tertiary/aromatic N) is 3. The molecule has 4 nitrogen and oxygen atoms in total.